The zero-order valence-corrected chi connectivity index (χ0v) is 25.7. The highest BCUT2D eigenvalue weighted by Crippen LogP contribution is 2.33. The third-order valence-electron chi connectivity index (χ3n) is 7.54. The van der Waals surface area contributed by atoms with Gasteiger partial charge < -0.3 is 10.1 Å². The molecule has 0 heterocycles. The molecule has 0 spiro atoms. The highest BCUT2D eigenvalue weighted by Gasteiger charge is 2.47. The Hall–Kier alpha value is -4.60. The predicted octanol–water partition coefficient (Wildman–Crippen LogP) is 4.64. The van der Waals surface area contributed by atoms with Gasteiger partial charge >= 0.3 is 6.09 Å². The fraction of sp³-hybridized carbons (Fsp3) is 0.412. The van der Waals surface area contributed by atoms with E-state index in [-0.39, 0.29) is 45.7 Å². The van der Waals surface area contributed by atoms with Crippen LogP contribution in [0, 0.1) is 23.7 Å². The van der Waals surface area contributed by atoms with E-state index in [4.69, 9.17) is 4.74 Å². The monoisotopic (exact) mass is 601 g/mol. The van der Waals surface area contributed by atoms with Crippen molar-refractivity contribution >= 4 is 46.6 Å². The molecule has 2 aliphatic carbocycles. The van der Waals surface area contributed by atoms with Crippen LogP contribution in [-0.2, 0) is 14.3 Å². The standard InChI is InChI=1S/C34H35NO9/c1-15(2)12-23(36)24-28(38)19-10-8-17(13-21(19)30(24)40)27(37)18-9-11-20-22(14-18)31(41)25(29(20)39)32(42)26(16(3)4)35-33(43)44-34(5,6)7/h8-11,13-16,24-26H,12H2,1-7H3,(H,35,43). The van der Waals surface area contributed by atoms with Gasteiger partial charge in [-0.05, 0) is 56.9 Å². The van der Waals surface area contributed by atoms with Gasteiger partial charge in [-0.3, -0.25) is 33.6 Å². The molecule has 10 nitrogen and oxygen atoms in total. The van der Waals surface area contributed by atoms with E-state index in [9.17, 15) is 38.4 Å². The lowest BCUT2D eigenvalue weighted by Gasteiger charge is -2.26. The molecule has 1 amide bonds. The van der Waals surface area contributed by atoms with Crippen molar-refractivity contribution in [1.82, 2.24) is 5.32 Å². The summed E-state index contributed by atoms with van der Waals surface area (Å²) in [6.45, 7) is 11.9. The third-order valence-corrected chi connectivity index (χ3v) is 7.54. The summed E-state index contributed by atoms with van der Waals surface area (Å²) in [4.78, 5) is 104. The highest BCUT2D eigenvalue weighted by atomic mass is 16.6. The van der Waals surface area contributed by atoms with Crippen LogP contribution in [0.5, 0.6) is 0 Å². The molecule has 4 rings (SSSR count). The predicted molar refractivity (Wildman–Crippen MR) is 158 cm³/mol. The number of ketones is 7. The smallest absolute Gasteiger partial charge is 0.408 e. The molecule has 0 aromatic heterocycles. The van der Waals surface area contributed by atoms with Gasteiger partial charge in [0, 0.05) is 39.8 Å². The van der Waals surface area contributed by atoms with Crippen LogP contribution in [0.2, 0.25) is 0 Å². The Bertz CT molecular complexity index is 1640. The molecule has 44 heavy (non-hydrogen) atoms. The largest absolute Gasteiger partial charge is 0.444 e. The van der Waals surface area contributed by atoms with Crippen molar-refractivity contribution in [2.45, 2.75) is 66.5 Å². The van der Waals surface area contributed by atoms with E-state index < -0.39 is 76.0 Å². The minimum Gasteiger partial charge on any atom is -0.444 e. The Morgan fingerprint density at radius 2 is 1.18 bits per heavy atom. The topological polar surface area (TPSA) is 158 Å². The summed E-state index contributed by atoms with van der Waals surface area (Å²) in [6.07, 6.45) is -0.791. The number of carbonyl (C=O) groups excluding carboxylic acids is 8. The number of alkyl carbamates (subject to hydrolysis) is 1. The zero-order chi connectivity index (χ0) is 32.8. The summed E-state index contributed by atoms with van der Waals surface area (Å²) in [5.41, 5.74) is -0.831. The molecule has 230 valence electrons. The Balaban J connectivity index is 1.58. The van der Waals surface area contributed by atoms with Crippen LogP contribution in [0.1, 0.15) is 112 Å². The van der Waals surface area contributed by atoms with Crippen molar-refractivity contribution in [2.24, 2.45) is 23.7 Å². The molecule has 1 N–H and O–H groups in total. The van der Waals surface area contributed by atoms with Gasteiger partial charge in [-0.25, -0.2) is 4.79 Å². The number of amides is 1. The van der Waals surface area contributed by atoms with Crippen molar-refractivity contribution in [2.75, 3.05) is 0 Å². The lowest BCUT2D eigenvalue weighted by atomic mass is 9.88. The molecule has 2 aliphatic rings. The van der Waals surface area contributed by atoms with Crippen LogP contribution in [0.25, 0.3) is 0 Å². The van der Waals surface area contributed by atoms with Gasteiger partial charge in [-0.1, -0.05) is 39.8 Å². The van der Waals surface area contributed by atoms with E-state index in [1.54, 1.807) is 34.6 Å². The normalized spacial score (nSPS) is 18.4. The van der Waals surface area contributed by atoms with Gasteiger partial charge in [0.05, 0.1) is 6.04 Å². The Labute approximate surface area is 254 Å². The molecule has 3 unspecified atom stereocenters. The summed E-state index contributed by atoms with van der Waals surface area (Å²) >= 11 is 0. The maximum absolute atomic E-state index is 13.5. The van der Waals surface area contributed by atoms with Gasteiger partial charge in [0.2, 0.25) is 0 Å². The van der Waals surface area contributed by atoms with Crippen molar-refractivity contribution in [3.63, 3.8) is 0 Å². The Morgan fingerprint density at radius 1 is 0.727 bits per heavy atom. The molecule has 10 heteroatoms. The number of fused-ring (bicyclic) bond motifs is 2. The molecule has 0 saturated heterocycles. The molecular weight excluding hydrogens is 566 g/mol. The van der Waals surface area contributed by atoms with E-state index in [1.807, 2.05) is 13.8 Å². The van der Waals surface area contributed by atoms with Crippen LogP contribution in [-0.4, -0.2) is 58.2 Å². The number of hydrogen-bond donors (Lipinski definition) is 1. The number of nitrogens with one attached hydrogen (secondary N) is 1. The first-order valence-electron chi connectivity index (χ1n) is 14.5. The molecule has 0 bridgehead atoms. The number of Topliss-reactive ketones (excluding diaryl/α,β-unsaturated/α-hetero) is 6. The number of rotatable bonds is 9. The van der Waals surface area contributed by atoms with Crippen molar-refractivity contribution in [1.29, 1.82) is 0 Å². The average molecular weight is 602 g/mol. The molecular formula is C34H35NO9. The molecule has 0 aliphatic heterocycles. The second-order valence-electron chi connectivity index (χ2n) is 13.0. The molecule has 0 radical (unpaired) electrons. The van der Waals surface area contributed by atoms with Crippen LogP contribution >= 0.6 is 0 Å². The number of ether oxygens (including phenoxy) is 1. The number of hydrogen-bond acceptors (Lipinski definition) is 9. The Kier molecular flexibility index (Phi) is 8.68. The van der Waals surface area contributed by atoms with Crippen LogP contribution in [0.3, 0.4) is 0 Å². The van der Waals surface area contributed by atoms with E-state index >= 15 is 0 Å². The third kappa shape index (κ3) is 6.06. The van der Waals surface area contributed by atoms with Crippen LogP contribution < -0.4 is 5.32 Å². The van der Waals surface area contributed by atoms with Crippen LogP contribution in [0.4, 0.5) is 4.79 Å². The lowest BCUT2D eigenvalue weighted by Crippen LogP contribution is -2.50. The average Bonchev–Trinajstić information content (AvgIpc) is 3.32. The van der Waals surface area contributed by atoms with E-state index in [2.05, 4.69) is 5.32 Å². The number of benzene rings is 2. The summed E-state index contributed by atoms with van der Waals surface area (Å²) in [5, 5.41) is 2.47. The second kappa shape index (κ2) is 11.8. The molecule has 0 saturated carbocycles. The minimum absolute atomic E-state index is 0.0155. The number of carbonyl (C=O) groups is 8. The van der Waals surface area contributed by atoms with Crippen LogP contribution in [0.15, 0.2) is 36.4 Å². The summed E-state index contributed by atoms with van der Waals surface area (Å²) in [7, 11) is 0. The van der Waals surface area contributed by atoms with Gasteiger partial charge in [0.25, 0.3) is 0 Å². The first kappa shape index (κ1) is 32.3. The van der Waals surface area contributed by atoms with Gasteiger partial charge in [0.1, 0.15) is 17.4 Å². The van der Waals surface area contributed by atoms with E-state index in [0.717, 1.165) is 0 Å². The van der Waals surface area contributed by atoms with Crippen molar-refractivity contribution in [3.8, 4) is 0 Å². The van der Waals surface area contributed by atoms with Gasteiger partial charge in [0.15, 0.2) is 40.5 Å². The summed E-state index contributed by atoms with van der Waals surface area (Å²) in [6, 6.07) is 6.66. The fourth-order valence-electron chi connectivity index (χ4n) is 5.49. The minimum atomic E-state index is -1.69. The fourth-order valence-corrected chi connectivity index (χ4v) is 5.49. The lowest BCUT2D eigenvalue weighted by molar-refractivity contribution is -0.123. The molecule has 2 aromatic rings. The van der Waals surface area contributed by atoms with Crippen molar-refractivity contribution in [3.05, 3.63) is 69.8 Å². The first-order valence-corrected chi connectivity index (χ1v) is 14.5. The highest BCUT2D eigenvalue weighted by molar-refractivity contribution is 6.37. The maximum atomic E-state index is 13.5. The Morgan fingerprint density at radius 3 is 1.64 bits per heavy atom. The van der Waals surface area contributed by atoms with E-state index in [0.29, 0.717) is 0 Å². The van der Waals surface area contributed by atoms with Gasteiger partial charge in [-0.15, -0.1) is 0 Å². The molecule has 3 atom stereocenters. The summed E-state index contributed by atoms with van der Waals surface area (Å²) < 4.78 is 5.24. The maximum Gasteiger partial charge on any atom is 0.408 e. The second-order valence-corrected chi connectivity index (χ2v) is 13.0. The van der Waals surface area contributed by atoms with E-state index in [1.165, 1.54) is 36.4 Å². The molecule has 2 aromatic carbocycles. The van der Waals surface area contributed by atoms with Crippen molar-refractivity contribution < 1.29 is 43.1 Å². The molecule has 0 fully saturated rings. The quantitative estimate of drug-likeness (QED) is 0.319. The first-order chi connectivity index (χ1) is 20.4. The summed E-state index contributed by atoms with van der Waals surface area (Å²) in [5.74, 6) is -8.22. The zero-order valence-electron chi connectivity index (χ0n) is 25.7. The SMILES string of the molecule is CC(C)CC(=O)C1C(=O)c2ccc(C(=O)c3ccc4c(c3)C(=O)C(C(=O)C(NC(=O)OC(C)(C)C)C(C)C)C4=O)cc2C1=O. The van der Waals surface area contributed by atoms with Gasteiger partial charge in [-0.2, -0.15) is 0 Å².